The van der Waals surface area contributed by atoms with E-state index in [0.29, 0.717) is 18.4 Å². The average molecular weight is 860 g/mol. The molecule has 0 aliphatic rings. The van der Waals surface area contributed by atoms with Crippen LogP contribution in [0.15, 0.2) is 30.5 Å². The molecule has 2 unspecified atom stereocenters. The molecule has 1 aromatic heterocycles. The quantitative estimate of drug-likeness (QED) is 0.0244. The Labute approximate surface area is 353 Å². The third kappa shape index (κ3) is 18.7. The minimum atomic E-state index is -1.89. The third-order valence-electron chi connectivity index (χ3n) is 9.63. The van der Waals surface area contributed by atoms with Crippen LogP contribution in [0.4, 0.5) is 0 Å². The first kappa shape index (κ1) is 51.5. The number of aromatic amines is 1. The molecule has 21 heteroatoms. The number of hydrogen-bond acceptors (Lipinski definition) is 14. The first-order valence-corrected chi connectivity index (χ1v) is 20.4. The minimum absolute atomic E-state index is 0.00396. The maximum Gasteiger partial charge on any atom is 0.326 e. The highest BCUT2D eigenvalue weighted by Gasteiger charge is 2.34. The molecule has 61 heavy (non-hydrogen) atoms. The molecule has 338 valence electrons. The van der Waals surface area contributed by atoms with Gasteiger partial charge in [-0.05, 0) is 44.4 Å². The van der Waals surface area contributed by atoms with Crippen molar-refractivity contribution in [2.45, 2.75) is 134 Å². The lowest BCUT2D eigenvalue weighted by Crippen LogP contribution is -2.61. The lowest BCUT2D eigenvalue weighted by molar-refractivity contribution is -0.144. The Morgan fingerprint density at radius 2 is 1.41 bits per heavy atom. The summed E-state index contributed by atoms with van der Waals surface area (Å²) in [5.41, 5.74) is 17.3. The molecule has 1 heterocycles. The number of aliphatic carboxylic acids is 2. The highest BCUT2D eigenvalue weighted by Crippen LogP contribution is 2.19. The van der Waals surface area contributed by atoms with Gasteiger partial charge in [-0.15, -0.1) is 0 Å². The number of carboxylic acid groups (broad SMARTS) is 2. The van der Waals surface area contributed by atoms with Gasteiger partial charge in [-0.2, -0.15) is 0 Å². The summed E-state index contributed by atoms with van der Waals surface area (Å²) < 4.78 is 0. The minimum Gasteiger partial charge on any atom is -0.481 e. The standard InChI is InChI=1S/C40H61N9O12/c1-3-4-5-6-7-8-9-16-31(51)46-30(18-24-21-43-27-14-11-10-13-25(24)27)38(58)47-32(52)19-26(42)36(56)37(57)29(20-34(54)55)48-49-35(23(2)50)39(59)44-22-33(53)45-28(40(60)61)15-12-17-41/h10-11,13-14,21,23,26,28-30,35,43,48-50H,3-9,12,15-20,22,41-42H2,1-2H3,(H,44,59)(H,45,53)(H,46,51)(H,54,55)(H,60,61)(H,47,52,58)/t23-,26-,28?,29+,30+,35?/m1/s1. The number of aliphatic hydroxyl groups is 1. The molecular weight excluding hydrogens is 798 g/mol. The van der Waals surface area contributed by atoms with Crippen LogP contribution >= 0.6 is 0 Å². The van der Waals surface area contributed by atoms with Crippen molar-refractivity contribution in [1.29, 1.82) is 0 Å². The predicted molar refractivity (Wildman–Crippen MR) is 221 cm³/mol. The lowest BCUT2D eigenvalue weighted by Gasteiger charge is -2.24. The van der Waals surface area contributed by atoms with E-state index in [4.69, 9.17) is 11.5 Å². The van der Waals surface area contributed by atoms with Crippen LogP contribution in [0.2, 0.25) is 0 Å². The van der Waals surface area contributed by atoms with E-state index in [-0.39, 0.29) is 25.8 Å². The van der Waals surface area contributed by atoms with Gasteiger partial charge in [-0.25, -0.2) is 15.6 Å². The lowest BCUT2D eigenvalue weighted by atomic mass is 9.99. The van der Waals surface area contributed by atoms with E-state index in [2.05, 4.69) is 44.0 Å². The fourth-order valence-electron chi connectivity index (χ4n) is 6.24. The number of para-hydroxylation sites is 1. The van der Waals surface area contributed by atoms with Gasteiger partial charge in [0.15, 0.2) is 0 Å². The summed E-state index contributed by atoms with van der Waals surface area (Å²) in [6.45, 7) is 2.73. The second kappa shape index (κ2) is 27.3. The monoisotopic (exact) mass is 859 g/mol. The molecule has 0 aliphatic carbocycles. The number of benzene rings is 1. The second-order valence-electron chi connectivity index (χ2n) is 14.8. The highest BCUT2D eigenvalue weighted by molar-refractivity contribution is 6.41. The SMILES string of the molecule is CCCCCCCCCC(=O)N[C@@H](Cc1c[nH]c2ccccc12)C(=O)NC(=O)C[C@@H](N)C(=O)C(=O)[C@H](CC(=O)O)NNC(C(=O)NCC(=O)NC(CCCN)C(=O)O)[C@@H](C)O. The smallest absolute Gasteiger partial charge is 0.326 e. The molecule has 21 nitrogen and oxygen atoms in total. The van der Waals surface area contributed by atoms with Gasteiger partial charge in [0.2, 0.25) is 41.1 Å². The molecule has 0 saturated carbocycles. The predicted octanol–water partition coefficient (Wildman–Crippen LogP) is -1.05. The summed E-state index contributed by atoms with van der Waals surface area (Å²) in [4.78, 5) is 117. The van der Waals surface area contributed by atoms with Crippen molar-refractivity contribution in [2.24, 2.45) is 11.5 Å². The Hall–Kier alpha value is -5.61. The van der Waals surface area contributed by atoms with Crippen molar-refractivity contribution in [3.63, 3.8) is 0 Å². The van der Waals surface area contributed by atoms with Crippen LogP contribution in [0.5, 0.6) is 0 Å². The molecule has 6 atom stereocenters. The van der Waals surface area contributed by atoms with Crippen LogP contribution in [-0.2, 0) is 49.6 Å². The number of hydrazine groups is 1. The number of H-pyrrole nitrogens is 1. The number of amides is 5. The van der Waals surface area contributed by atoms with Crippen LogP contribution in [0.1, 0.15) is 96.5 Å². The number of fused-ring (bicyclic) bond motifs is 1. The maximum atomic E-state index is 13.5. The summed E-state index contributed by atoms with van der Waals surface area (Å²) >= 11 is 0. The Morgan fingerprint density at radius 3 is 2.05 bits per heavy atom. The van der Waals surface area contributed by atoms with Crippen molar-refractivity contribution >= 4 is 63.9 Å². The zero-order chi connectivity index (χ0) is 45.5. The van der Waals surface area contributed by atoms with E-state index in [9.17, 15) is 58.5 Å². The number of carbonyl (C=O) groups is 9. The van der Waals surface area contributed by atoms with Gasteiger partial charge in [0.25, 0.3) is 0 Å². The normalized spacial score (nSPS) is 14.1. The number of nitrogens with one attached hydrogen (secondary N) is 7. The zero-order valence-corrected chi connectivity index (χ0v) is 34.6. The largest absolute Gasteiger partial charge is 0.481 e. The van der Waals surface area contributed by atoms with Crippen LogP contribution < -0.4 is 43.6 Å². The van der Waals surface area contributed by atoms with E-state index in [1.165, 1.54) is 0 Å². The molecule has 0 spiro atoms. The molecule has 2 aromatic rings. The number of ketones is 2. The number of carboxylic acids is 2. The molecule has 1 aromatic carbocycles. The Bertz CT molecular complexity index is 1820. The molecule has 0 radical (unpaired) electrons. The van der Waals surface area contributed by atoms with Crippen LogP contribution in [-0.4, -0.2) is 123 Å². The number of aromatic nitrogens is 1. The summed E-state index contributed by atoms with van der Waals surface area (Å²) in [6.07, 6.45) is 5.60. The van der Waals surface area contributed by atoms with E-state index in [0.717, 1.165) is 56.4 Å². The summed E-state index contributed by atoms with van der Waals surface area (Å²) in [5, 5.41) is 39.0. The van der Waals surface area contributed by atoms with Crippen molar-refractivity contribution in [1.82, 2.24) is 37.1 Å². The second-order valence-corrected chi connectivity index (χ2v) is 14.8. The topological polar surface area (TPSA) is 354 Å². The number of hydrogen-bond donors (Lipinski definition) is 12. The highest BCUT2D eigenvalue weighted by atomic mass is 16.4. The molecule has 5 amide bonds. The molecule has 14 N–H and O–H groups in total. The van der Waals surface area contributed by atoms with Crippen molar-refractivity contribution in [2.75, 3.05) is 13.1 Å². The number of imide groups is 1. The van der Waals surface area contributed by atoms with Gasteiger partial charge in [0.1, 0.15) is 18.1 Å². The molecule has 0 fully saturated rings. The maximum absolute atomic E-state index is 13.5. The van der Waals surface area contributed by atoms with Crippen molar-refractivity contribution in [3.05, 3.63) is 36.0 Å². The number of rotatable bonds is 31. The average Bonchev–Trinajstić information content (AvgIpc) is 3.61. The zero-order valence-electron chi connectivity index (χ0n) is 34.6. The first-order valence-electron chi connectivity index (χ1n) is 20.4. The van der Waals surface area contributed by atoms with E-state index >= 15 is 0 Å². The van der Waals surface area contributed by atoms with Crippen molar-refractivity contribution in [3.8, 4) is 0 Å². The molecule has 0 saturated heterocycles. The molecule has 0 aliphatic heterocycles. The van der Waals surface area contributed by atoms with Crippen molar-refractivity contribution < 1.29 is 58.5 Å². The number of carbonyl (C=O) groups excluding carboxylic acids is 7. The van der Waals surface area contributed by atoms with Gasteiger partial charge in [-0.1, -0.05) is 63.6 Å². The first-order chi connectivity index (χ1) is 29.0. The Kier molecular flexibility index (Phi) is 23.0. The number of unbranched alkanes of at least 4 members (excludes halogenated alkanes) is 6. The van der Waals surface area contributed by atoms with Gasteiger partial charge >= 0.3 is 11.9 Å². The Balaban J connectivity index is 2.06. The molecule has 2 rings (SSSR count). The number of Topliss-reactive ketones (excluding diaryl/α,β-unsaturated/α-hetero) is 2. The fraction of sp³-hybridized carbons (Fsp3) is 0.575. The Morgan fingerprint density at radius 1 is 0.754 bits per heavy atom. The van der Waals surface area contributed by atoms with E-state index in [1.807, 2.05) is 24.3 Å². The van der Waals surface area contributed by atoms with Gasteiger partial charge in [0.05, 0.1) is 31.2 Å². The van der Waals surface area contributed by atoms with E-state index < -0.39 is 109 Å². The van der Waals surface area contributed by atoms with Gasteiger partial charge < -0.3 is 47.7 Å². The number of aliphatic hydroxyl groups excluding tert-OH is 1. The van der Waals surface area contributed by atoms with Crippen LogP contribution in [0, 0.1) is 0 Å². The molecular formula is C40H61N9O12. The summed E-state index contributed by atoms with van der Waals surface area (Å²) in [7, 11) is 0. The molecule has 0 bridgehead atoms. The number of nitrogens with two attached hydrogens (primary N) is 2. The summed E-state index contributed by atoms with van der Waals surface area (Å²) in [6, 6.07) is -0.564. The summed E-state index contributed by atoms with van der Waals surface area (Å²) in [5.74, 6) is -9.97. The van der Waals surface area contributed by atoms with E-state index in [1.54, 1.807) is 6.20 Å². The van der Waals surface area contributed by atoms with Gasteiger partial charge in [-0.3, -0.25) is 43.7 Å². The van der Waals surface area contributed by atoms with Crippen LogP contribution in [0.25, 0.3) is 10.9 Å². The van der Waals surface area contributed by atoms with Crippen LogP contribution in [0.3, 0.4) is 0 Å². The fourth-order valence-corrected chi connectivity index (χ4v) is 6.24. The third-order valence-corrected chi connectivity index (χ3v) is 9.63. The van der Waals surface area contributed by atoms with Gasteiger partial charge in [0, 0.05) is 36.4 Å².